The lowest BCUT2D eigenvalue weighted by atomic mass is 9.49. The molecule has 4 saturated carbocycles. The van der Waals surface area contributed by atoms with Crippen LogP contribution in [0.3, 0.4) is 0 Å². The summed E-state index contributed by atoms with van der Waals surface area (Å²) >= 11 is 0. The van der Waals surface area contributed by atoms with Gasteiger partial charge < -0.3 is 0 Å². The van der Waals surface area contributed by atoms with Gasteiger partial charge in [-0.2, -0.15) is 0 Å². The van der Waals surface area contributed by atoms with Gasteiger partial charge in [0.1, 0.15) is 0 Å². The molecule has 0 nitrogen and oxygen atoms in total. The van der Waals surface area contributed by atoms with Crippen molar-refractivity contribution in [1.29, 1.82) is 0 Å². The van der Waals surface area contributed by atoms with Crippen LogP contribution in [0.1, 0.15) is 50.5 Å². The molecule has 5 rings (SSSR count). The highest BCUT2D eigenvalue weighted by Gasteiger charge is 2.49. The topological polar surface area (TPSA) is 0 Å². The first kappa shape index (κ1) is 11.8. The number of rotatable bonds is 3. The Morgan fingerprint density at radius 1 is 0.895 bits per heavy atom. The fourth-order valence-corrected chi connectivity index (χ4v) is 5.55. The molecule has 19 heavy (non-hydrogen) atoms. The molecule has 0 amide bonds. The zero-order chi connectivity index (χ0) is 12.7. The quantitative estimate of drug-likeness (QED) is 0.684. The largest absolute Gasteiger partial charge is 0.0834 e. The van der Waals surface area contributed by atoms with Crippen LogP contribution in [0.4, 0.5) is 0 Å². The summed E-state index contributed by atoms with van der Waals surface area (Å²) < 4.78 is 0. The van der Waals surface area contributed by atoms with Crippen molar-refractivity contribution in [2.24, 2.45) is 23.2 Å². The molecule has 100 valence electrons. The number of hydrogen-bond donors (Lipinski definition) is 0. The van der Waals surface area contributed by atoms with Gasteiger partial charge >= 0.3 is 0 Å². The lowest BCUT2D eigenvalue weighted by molar-refractivity contribution is -0.0505. The monoisotopic (exact) mass is 252 g/mol. The predicted molar refractivity (Wildman–Crippen MR) is 80.7 cm³/mol. The molecule has 4 bridgehead atoms. The molecular weight excluding hydrogens is 228 g/mol. The van der Waals surface area contributed by atoms with Crippen molar-refractivity contribution in [3.63, 3.8) is 0 Å². The van der Waals surface area contributed by atoms with Gasteiger partial charge in [0.2, 0.25) is 0 Å². The van der Waals surface area contributed by atoms with Crippen molar-refractivity contribution in [1.82, 2.24) is 0 Å². The average molecular weight is 252 g/mol. The van der Waals surface area contributed by atoms with Crippen LogP contribution in [-0.2, 0) is 0 Å². The Balaban J connectivity index is 1.47. The first-order valence-corrected chi connectivity index (χ1v) is 8.03. The van der Waals surface area contributed by atoms with Gasteiger partial charge in [-0.15, -0.1) is 0 Å². The van der Waals surface area contributed by atoms with Gasteiger partial charge in [-0.3, -0.25) is 0 Å². The standard InChI is InChI=1S/C19H24/c1-2-5-15(6-3-1)7-4-8-19-12-16-9-17(13-19)11-18(10-16)14-19/h1-7,16-18H,8-14H2/b7-4+. The number of hydrogen-bond acceptors (Lipinski definition) is 0. The third-order valence-electron chi connectivity index (χ3n) is 5.83. The van der Waals surface area contributed by atoms with Crippen molar-refractivity contribution >= 4 is 6.08 Å². The molecule has 0 atom stereocenters. The van der Waals surface area contributed by atoms with E-state index in [-0.39, 0.29) is 0 Å². The summed E-state index contributed by atoms with van der Waals surface area (Å²) in [6.45, 7) is 0. The fourth-order valence-electron chi connectivity index (χ4n) is 5.55. The molecule has 4 fully saturated rings. The van der Waals surface area contributed by atoms with E-state index in [4.69, 9.17) is 0 Å². The van der Waals surface area contributed by atoms with Gasteiger partial charge in [-0.05, 0) is 73.7 Å². The highest BCUT2D eigenvalue weighted by atomic mass is 14.5. The molecule has 4 aliphatic carbocycles. The first-order valence-electron chi connectivity index (χ1n) is 8.03. The van der Waals surface area contributed by atoms with E-state index in [1.54, 1.807) is 19.3 Å². The van der Waals surface area contributed by atoms with E-state index in [1.165, 1.54) is 31.2 Å². The molecule has 1 aromatic carbocycles. The molecule has 0 unspecified atom stereocenters. The second-order valence-corrected chi connectivity index (χ2v) is 7.43. The molecule has 0 saturated heterocycles. The van der Waals surface area contributed by atoms with Gasteiger partial charge in [0.15, 0.2) is 0 Å². The van der Waals surface area contributed by atoms with Gasteiger partial charge in [0, 0.05) is 0 Å². The van der Waals surface area contributed by atoms with Gasteiger partial charge in [0.25, 0.3) is 0 Å². The lowest BCUT2D eigenvalue weighted by Gasteiger charge is -2.56. The second-order valence-electron chi connectivity index (χ2n) is 7.43. The van der Waals surface area contributed by atoms with Crippen molar-refractivity contribution in [3.8, 4) is 0 Å². The first-order chi connectivity index (χ1) is 9.31. The fraction of sp³-hybridized carbons (Fsp3) is 0.579. The van der Waals surface area contributed by atoms with Crippen molar-refractivity contribution in [3.05, 3.63) is 42.0 Å². The molecule has 0 radical (unpaired) electrons. The Bertz CT molecular complexity index is 433. The smallest absolute Gasteiger partial charge is 0.0255 e. The zero-order valence-corrected chi connectivity index (χ0v) is 11.7. The summed E-state index contributed by atoms with van der Waals surface area (Å²) in [4.78, 5) is 0. The Morgan fingerprint density at radius 2 is 1.47 bits per heavy atom. The molecule has 0 heteroatoms. The van der Waals surface area contributed by atoms with Crippen molar-refractivity contribution in [2.45, 2.75) is 44.9 Å². The van der Waals surface area contributed by atoms with Crippen molar-refractivity contribution < 1.29 is 0 Å². The van der Waals surface area contributed by atoms with E-state index in [1.807, 2.05) is 0 Å². The van der Waals surface area contributed by atoms with Crippen LogP contribution in [0.25, 0.3) is 6.08 Å². The maximum absolute atomic E-state index is 2.46. The predicted octanol–water partition coefficient (Wildman–Crippen LogP) is 5.31. The van der Waals surface area contributed by atoms with E-state index < -0.39 is 0 Å². The highest BCUT2D eigenvalue weighted by molar-refractivity contribution is 5.48. The van der Waals surface area contributed by atoms with E-state index in [0.717, 1.165) is 17.8 Å². The zero-order valence-electron chi connectivity index (χ0n) is 11.7. The van der Waals surface area contributed by atoms with Crippen LogP contribution in [0.2, 0.25) is 0 Å². The Morgan fingerprint density at radius 3 is 2.05 bits per heavy atom. The molecular formula is C19H24. The Hall–Kier alpha value is -1.04. The van der Waals surface area contributed by atoms with Crippen LogP contribution < -0.4 is 0 Å². The molecule has 4 aliphatic rings. The number of benzene rings is 1. The summed E-state index contributed by atoms with van der Waals surface area (Å²) in [7, 11) is 0. The lowest BCUT2D eigenvalue weighted by Crippen LogP contribution is -2.45. The van der Waals surface area contributed by atoms with Gasteiger partial charge in [0.05, 0.1) is 0 Å². The van der Waals surface area contributed by atoms with E-state index >= 15 is 0 Å². The van der Waals surface area contributed by atoms with Crippen LogP contribution in [0, 0.1) is 23.2 Å². The maximum Gasteiger partial charge on any atom is -0.0255 e. The molecule has 0 aromatic heterocycles. The minimum Gasteiger partial charge on any atom is -0.0834 e. The van der Waals surface area contributed by atoms with Crippen LogP contribution in [0.5, 0.6) is 0 Å². The van der Waals surface area contributed by atoms with E-state index in [2.05, 4.69) is 42.5 Å². The second kappa shape index (κ2) is 4.51. The highest BCUT2D eigenvalue weighted by Crippen LogP contribution is 2.61. The molecule has 0 spiro atoms. The summed E-state index contributed by atoms with van der Waals surface area (Å²) in [5.74, 6) is 3.24. The molecule has 0 aliphatic heterocycles. The molecule has 0 N–H and O–H groups in total. The van der Waals surface area contributed by atoms with Crippen molar-refractivity contribution in [2.75, 3.05) is 0 Å². The van der Waals surface area contributed by atoms with E-state index in [9.17, 15) is 0 Å². The third kappa shape index (κ3) is 2.26. The minimum atomic E-state index is 0.694. The summed E-state index contributed by atoms with van der Waals surface area (Å²) in [6, 6.07) is 10.8. The normalized spacial score (nSPS) is 40.1. The van der Waals surface area contributed by atoms with Gasteiger partial charge in [-0.25, -0.2) is 0 Å². The minimum absolute atomic E-state index is 0.694. The average Bonchev–Trinajstić information content (AvgIpc) is 2.38. The Labute approximate surface area is 116 Å². The van der Waals surface area contributed by atoms with E-state index in [0.29, 0.717) is 5.41 Å². The third-order valence-corrected chi connectivity index (χ3v) is 5.83. The van der Waals surface area contributed by atoms with Crippen LogP contribution in [-0.4, -0.2) is 0 Å². The summed E-state index contributed by atoms with van der Waals surface area (Å²) in [5, 5.41) is 0. The SMILES string of the molecule is C(=C\c1ccccc1)/CC12CC3CC(CC(C3)C1)C2. The van der Waals surface area contributed by atoms with Crippen LogP contribution >= 0.6 is 0 Å². The molecule has 1 aromatic rings. The maximum atomic E-state index is 2.46. The van der Waals surface area contributed by atoms with Gasteiger partial charge in [-0.1, -0.05) is 42.5 Å². The summed E-state index contributed by atoms with van der Waals surface area (Å²) in [6.07, 6.45) is 15.4. The number of allylic oxidation sites excluding steroid dienone is 1. The summed E-state index contributed by atoms with van der Waals surface area (Å²) in [5.41, 5.74) is 2.05. The molecule has 0 heterocycles. The van der Waals surface area contributed by atoms with Crippen LogP contribution in [0.15, 0.2) is 36.4 Å². The Kier molecular flexibility index (Phi) is 2.79.